The monoisotopic (exact) mass is 339 g/mol. The third kappa shape index (κ3) is 3.03. The first kappa shape index (κ1) is 15.0. The van der Waals surface area contributed by atoms with Crippen LogP contribution < -0.4 is 0 Å². The molecule has 0 N–H and O–H groups in total. The number of hydrogen-bond donors (Lipinski definition) is 0. The Morgan fingerprint density at radius 2 is 2.10 bits per heavy atom. The summed E-state index contributed by atoms with van der Waals surface area (Å²) in [5.74, 6) is -0.447. The summed E-state index contributed by atoms with van der Waals surface area (Å²) in [6.45, 7) is 2.54. The molecule has 1 fully saturated rings. The second kappa shape index (κ2) is 6.39. The predicted molar refractivity (Wildman–Crippen MR) is 79.6 cm³/mol. The van der Waals surface area contributed by atoms with E-state index in [0.717, 1.165) is 22.9 Å². The minimum atomic E-state index is -0.464. The van der Waals surface area contributed by atoms with Gasteiger partial charge in [0.25, 0.3) is 5.91 Å². The Kier molecular flexibility index (Phi) is 4.81. The van der Waals surface area contributed by atoms with Gasteiger partial charge in [-0.1, -0.05) is 11.6 Å². The standard InChI is InChI=1S/C15H18BrNO3/c1-10-6-7-12(16)11(9-10)14(18)17-8-4-3-5-13(17)15(19)20-2/h6-7,9,13H,3-5,8H2,1-2H3/t13-/m1/s1. The highest BCUT2D eigenvalue weighted by atomic mass is 79.9. The van der Waals surface area contributed by atoms with Gasteiger partial charge in [0.05, 0.1) is 12.7 Å². The van der Waals surface area contributed by atoms with Crippen molar-refractivity contribution in [3.8, 4) is 0 Å². The maximum atomic E-state index is 12.7. The third-order valence-corrected chi connectivity index (χ3v) is 4.28. The van der Waals surface area contributed by atoms with Gasteiger partial charge in [0, 0.05) is 11.0 Å². The first-order chi connectivity index (χ1) is 9.54. The number of aryl methyl sites for hydroxylation is 1. The third-order valence-electron chi connectivity index (χ3n) is 3.59. The molecule has 1 amide bonds. The van der Waals surface area contributed by atoms with E-state index in [1.54, 1.807) is 4.90 Å². The molecule has 1 saturated heterocycles. The van der Waals surface area contributed by atoms with E-state index in [9.17, 15) is 9.59 Å². The maximum Gasteiger partial charge on any atom is 0.328 e. The van der Waals surface area contributed by atoms with Crippen molar-refractivity contribution >= 4 is 27.8 Å². The molecule has 1 aliphatic heterocycles. The van der Waals surface area contributed by atoms with Crippen LogP contribution in [-0.2, 0) is 9.53 Å². The van der Waals surface area contributed by atoms with Crippen molar-refractivity contribution in [3.05, 3.63) is 33.8 Å². The van der Waals surface area contributed by atoms with Crippen molar-refractivity contribution in [1.29, 1.82) is 0 Å². The van der Waals surface area contributed by atoms with Crippen LogP contribution in [0.3, 0.4) is 0 Å². The summed E-state index contributed by atoms with van der Waals surface area (Å²) in [6, 6.07) is 5.18. The molecule has 1 aromatic carbocycles. The zero-order valence-electron chi connectivity index (χ0n) is 11.7. The Labute approximate surface area is 127 Å². The molecule has 0 aliphatic carbocycles. The molecular formula is C15H18BrNO3. The van der Waals surface area contributed by atoms with Gasteiger partial charge >= 0.3 is 5.97 Å². The second-order valence-corrected chi connectivity index (χ2v) is 5.87. The zero-order chi connectivity index (χ0) is 14.7. The van der Waals surface area contributed by atoms with Gasteiger partial charge in [-0.15, -0.1) is 0 Å². The summed E-state index contributed by atoms with van der Waals surface area (Å²) in [7, 11) is 1.36. The normalized spacial score (nSPS) is 18.8. The molecule has 108 valence electrons. The number of benzene rings is 1. The molecule has 1 aliphatic rings. The molecule has 2 rings (SSSR count). The van der Waals surface area contributed by atoms with Crippen molar-refractivity contribution < 1.29 is 14.3 Å². The van der Waals surface area contributed by atoms with Crippen LogP contribution >= 0.6 is 15.9 Å². The fourth-order valence-corrected chi connectivity index (χ4v) is 2.93. The van der Waals surface area contributed by atoms with E-state index in [2.05, 4.69) is 15.9 Å². The van der Waals surface area contributed by atoms with Crippen LogP contribution in [0.4, 0.5) is 0 Å². The summed E-state index contributed by atoms with van der Waals surface area (Å²) in [5.41, 5.74) is 1.61. The summed E-state index contributed by atoms with van der Waals surface area (Å²) < 4.78 is 5.57. The van der Waals surface area contributed by atoms with E-state index in [-0.39, 0.29) is 11.9 Å². The van der Waals surface area contributed by atoms with Crippen molar-refractivity contribution in [2.45, 2.75) is 32.2 Å². The number of likely N-dealkylation sites (tertiary alicyclic amines) is 1. The van der Waals surface area contributed by atoms with Gasteiger partial charge < -0.3 is 9.64 Å². The summed E-state index contributed by atoms with van der Waals surface area (Å²) in [5, 5.41) is 0. The summed E-state index contributed by atoms with van der Waals surface area (Å²) >= 11 is 3.41. The van der Waals surface area contributed by atoms with E-state index < -0.39 is 6.04 Å². The molecule has 5 heteroatoms. The second-order valence-electron chi connectivity index (χ2n) is 5.02. The Hall–Kier alpha value is -1.36. The number of carbonyl (C=O) groups is 2. The van der Waals surface area contributed by atoms with Crippen LogP contribution in [0.25, 0.3) is 0 Å². The van der Waals surface area contributed by atoms with Gasteiger partial charge in [-0.05, 0) is 54.2 Å². The molecule has 1 atom stereocenters. The lowest BCUT2D eigenvalue weighted by Crippen LogP contribution is -2.48. The van der Waals surface area contributed by atoms with E-state index in [4.69, 9.17) is 4.74 Å². The lowest BCUT2D eigenvalue weighted by atomic mass is 10.0. The van der Waals surface area contributed by atoms with Gasteiger partial charge in [-0.3, -0.25) is 4.79 Å². The molecule has 1 aromatic rings. The van der Waals surface area contributed by atoms with Crippen LogP contribution in [0.1, 0.15) is 35.2 Å². The van der Waals surface area contributed by atoms with Crippen LogP contribution in [0.2, 0.25) is 0 Å². The number of methoxy groups -OCH3 is 1. The molecule has 0 bridgehead atoms. The number of piperidine rings is 1. The van der Waals surface area contributed by atoms with Gasteiger partial charge in [-0.25, -0.2) is 4.79 Å². The maximum absolute atomic E-state index is 12.7. The lowest BCUT2D eigenvalue weighted by Gasteiger charge is -2.34. The topological polar surface area (TPSA) is 46.6 Å². The first-order valence-corrected chi connectivity index (χ1v) is 7.49. The fraction of sp³-hybridized carbons (Fsp3) is 0.467. The van der Waals surface area contributed by atoms with Gasteiger partial charge in [0.2, 0.25) is 0 Å². The highest BCUT2D eigenvalue weighted by Gasteiger charge is 2.33. The highest BCUT2D eigenvalue weighted by molar-refractivity contribution is 9.10. The van der Waals surface area contributed by atoms with Crippen molar-refractivity contribution in [1.82, 2.24) is 4.90 Å². The summed E-state index contributed by atoms with van der Waals surface area (Å²) in [4.78, 5) is 26.2. The predicted octanol–water partition coefficient (Wildman–Crippen LogP) is 2.93. The van der Waals surface area contributed by atoms with E-state index in [0.29, 0.717) is 18.5 Å². The molecule has 1 heterocycles. The van der Waals surface area contributed by atoms with Crippen LogP contribution in [-0.4, -0.2) is 36.5 Å². The first-order valence-electron chi connectivity index (χ1n) is 6.69. The van der Waals surface area contributed by atoms with E-state index in [1.165, 1.54) is 7.11 Å². The molecule has 0 spiro atoms. The largest absolute Gasteiger partial charge is 0.467 e. The van der Waals surface area contributed by atoms with Gasteiger partial charge in [0.1, 0.15) is 6.04 Å². The summed E-state index contributed by atoms with van der Waals surface area (Å²) in [6.07, 6.45) is 2.53. The van der Waals surface area contributed by atoms with Crippen LogP contribution in [0, 0.1) is 6.92 Å². The molecule has 4 nitrogen and oxygen atoms in total. The zero-order valence-corrected chi connectivity index (χ0v) is 13.3. The fourth-order valence-electron chi connectivity index (χ4n) is 2.51. The van der Waals surface area contributed by atoms with Crippen molar-refractivity contribution in [2.24, 2.45) is 0 Å². The number of esters is 1. The van der Waals surface area contributed by atoms with Gasteiger partial charge in [0.15, 0.2) is 0 Å². The van der Waals surface area contributed by atoms with Crippen LogP contribution in [0.15, 0.2) is 22.7 Å². The molecule has 20 heavy (non-hydrogen) atoms. The van der Waals surface area contributed by atoms with E-state index >= 15 is 0 Å². The molecular weight excluding hydrogens is 322 g/mol. The number of rotatable bonds is 2. The quantitative estimate of drug-likeness (QED) is 0.778. The Balaban J connectivity index is 2.30. The SMILES string of the molecule is COC(=O)[C@H]1CCCCN1C(=O)c1cc(C)ccc1Br. The van der Waals surface area contributed by atoms with E-state index in [1.807, 2.05) is 25.1 Å². The van der Waals surface area contributed by atoms with Crippen LogP contribution in [0.5, 0.6) is 0 Å². The average Bonchev–Trinajstić information content (AvgIpc) is 2.48. The Bertz CT molecular complexity index is 530. The molecule has 0 unspecified atom stereocenters. The molecule has 0 radical (unpaired) electrons. The number of carbonyl (C=O) groups excluding carboxylic acids is 2. The number of amides is 1. The number of hydrogen-bond acceptors (Lipinski definition) is 3. The Morgan fingerprint density at radius 3 is 2.80 bits per heavy atom. The highest BCUT2D eigenvalue weighted by Crippen LogP contribution is 2.25. The average molecular weight is 340 g/mol. The van der Waals surface area contributed by atoms with Gasteiger partial charge in [-0.2, -0.15) is 0 Å². The number of halogens is 1. The number of ether oxygens (including phenoxy) is 1. The van der Waals surface area contributed by atoms with Crippen molar-refractivity contribution in [2.75, 3.05) is 13.7 Å². The molecule has 0 aromatic heterocycles. The number of nitrogens with zero attached hydrogens (tertiary/aromatic N) is 1. The minimum absolute atomic E-state index is 0.115. The smallest absolute Gasteiger partial charge is 0.328 e. The minimum Gasteiger partial charge on any atom is -0.467 e. The lowest BCUT2D eigenvalue weighted by molar-refractivity contribution is -0.147. The Morgan fingerprint density at radius 1 is 1.35 bits per heavy atom. The molecule has 0 saturated carbocycles. The van der Waals surface area contributed by atoms with Crippen molar-refractivity contribution in [3.63, 3.8) is 0 Å².